The lowest BCUT2D eigenvalue weighted by Crippen LogP contribution is -2.49. The van der Waals surface area contributed by atoms with Crippen molar-refractivity contribution in [3.05, 3.63) is 35.9 Å². The minimum atomic E-state index is -0.840. The van der Waals surface area contributed by atoms with Crippen LogP contribution in [0.1, 0.15) is 12.0 Å². The minimum absolute atomic E-state index is 0.248. The molecule has 2 aliphatic heterocycles. The van der Waals surface area contributed by atoms with Gasteiger partial charge in [-0.25, -0.2) is 9.59 Å². The second-order valence-electron chi connectivity index (χ2n) is 6.71. The number of hydrogen-bond donors (Lipinski definition) is 1. The van der Waals surface area contributed by atoms with Crippen molar-refractivity contribution in [1.29, 1.82) is 0 Å². The summed E-state index contributed by atoms with van der Waals surface area (Å²) in [6.45, 7) is 5.31. The second-order valence-corrected chi connectivity index (χ2v) is 6.71. The Hall–Kier alpha value is -2.28. The number of carbonyl (C=O) groups excluding carboxylic acids is 1. The zero-order valence-corrected chi connectivity index (χ0v) is 14.3. The third-order valence-corrected chi connectivity index (χ3v) is 4.91. The van der Waals surface area contributed by atoms with Gasteiger partial charge in [0, 0.05) is 45.8 Å². The molecule has 2 aliphatic rings. The van der Waals surface area contributed by atoms with Crippen LogP contribution in [0, 0.1) is 5.92 Å². The van der Waals surface area contributed by atoms with E-state index in [2.05, 4.69) is 4.90 Å². The van der Waals surface area contributed by atoms with Crippen LogP contribution in [-0.4, -0.2) is 77.8 Å². The summed E-state index contributed by atoms with van der Waals surface area (Å²) in [7, 11) is 0. The Balaban J connectivity index is 1.38. The van der Waals surface area contributed by atoms with E-state index in [0.717, 1.165) is 38.2 Å². The van der Waals surface area contributed by atoms with Crippen LogP contribution in [0.3, 0.4) is 0 Å². The lowest BCUT2D eigenvalue weighted by atomic mass is 10.1. The quantitative estimate of drug-likeness (QED) is 0.901. The Kier molecular flexibility index (Phi) is 5.75. The molecule has 3 rings (SSSR count). The average molecular weight is 347 g/mol. The number of likely N-dealkylation sites (tertiary alicyclic amines) is 1. The summed E-state index contributed by atoms with van der Waals surface area (Å²) in [5, 5.41) is 8.99. The molecule has 1 aromatic carbocycles. The van der Waals surface area contributed by atoms with Crippen molar-refractivity contribution in [3.63, 3.8) is 0 Å². The molecule has 25 heavy (non-hydrogen) atoms. The molecule has 0 unspecified atom stereocenters. The van der Waals surface area contributed by atoms with Gasteiger partial charge in [0.15, 0.2) is 0 Å². The van der Waals surface area contributed by atoms with Crippen molar-refractivity contribution < 1.29 is 19.4 Å². The number of benzene rings is 1. The van der Waals surface area contributed by atoms with Gasteiger partial charge in [0.1, 0.15) is 6.61 Å². The summed E-state index contributed by atoms with van der Waals surface area (Å²) >= 11 is 0. The van der Waals surface area contributed by atoms with Crippen molar-refractivity contribution >= 4 is 12.2 Å². The molecule has 1 atom stereocenters. The van der Waals surface area contributed by atoms with Gasteiger partial charge in [-0.05, 0) is 17.9 Å². The molecular formula is C18H25N3O4. The number of piperazine rings is 1. The minimum Gasteiger partial charge on any atom is -0.465 e. The number of carbonyl (C=O) groups is 2. The molecule has 136 valence electrons. The van der Waals surface area contributed by atoms with E-state index in [1.165, 1.54) is 4.90 Å². The average Bonchev–Trinajstić information content (AvgIpc) is 3.09. The Labute approximate surface area is 147 Å². The maximum atomic E-state index is 12.2. The SMILES string of the molecule is O=C(O)N1CCN(C[C@H]2CCN(C(=O)OCc3ccccc3)C2)CC1. The molecule has 7 nitrogen and oxygen atoms in total. The van der Waals surface area contributed by atoms with E-state index in [0.29, 0.717) is 32.2 Å². The van der Waals surface area contributed by atoms with Gasteiger partial charge in [-0.1, -0.05) is 30.3 Å². The van der Waals surface area contributed by atoms with E-state index in [1.807, 2.05) is 30.3 Å². The highest BCUT2D eigenvalue weighted by Gasteiger charge is 2.30. The van der Waals surface area contributed by atoms with Gasteiger partial charge >= 0.3 is 12.2 Å². The van der Waals surface area contributed by atoms with Crippen LogP contribution in [-0.2, 0) is 11.3 Å². The fraction of sp³-hybridized carbons (Fsp3) is 0.556. The molecule has 0 saturated carbocycles. The molecule has 1 N–H and O–H groups in total. The van der Waals surface area contributed by atoms with Crippen molar-refractivity contribution in [3.8, 4) is 0 Å². The summed E-state index contributed by atoms with van der Waals surface area (Å²) < 4.78 is 5.39. The summed E-state index contributed by atoms with van der Waals surface area (Å²) in [4.78, 5) is 28.7. The number of amides is 2. The number of nitrogens with zero attached hydrogens (tertiary/aromatic N) is 3. The maximum absolute atomic E-state index is 12.2. The predicted octanol–water partition coefficient (Wildman–Crippen LogP) is 1.94. The summed E-state index contributed by atoms with van der Waals surface area (Å²) in [6, 6.07) is 9.68. The molecule has 2 amide bonds. The second kappa shape index (κ2) is 8.20. The van der Waals surface area contributed by atoms with Crippen LogP contribution < -0.4 is 0 Å². The van der Waals surface area contributed by atoms with Gasteiger partial charge in [-0.3, -0.25) is 4.90 Å². The molecule has 2 saturated heterocycles. The number of ether oxygens (including phenoxy) is 1. The summed E-state index contributed by atoms with van der Waals surface area (Å²) in [5.74, 6) is 0.431. The maximum Gasteiger partial charge on any atom is 0.410 e. The van der Waals surface area contributed by atoms with Gasteiger partial charge in [-0.2, -0.15) is 0 Å². The van der Waals surface area contributed by atoms with Gasteiger partial charge < -0.3 is 19.6 Å². The Morgan fingerprint density at radius 1 is 1.04 bits per heavy atom. The lowest BCUT2D eigenvalue weighted by molar-refractivity contribution is 0.0928. The van der Waals surface area contributed by atoms with Gasteiger partial charge in [0.25, 0.3) is 0 Å². The first-order valence-corrected chi connectivity index (χ1v) is 8.77. The topological polar surface area (TPSA) is 73.3 Å². The zero-order chi connectivity index (χ0) is 17.6. The number of rotatable bonds is 4. The van der Waals surface area contributed by atoms with E-state index in [-0.39, 0.29) is 6.09 Å². The molecule has 2 fully saturated rings. The smallest absolute Gasteiger partial charge is 0.410 e. The van der Waals surface area contributed by atoms with Crippen LogP contribution in [0.5, 0.6) is 0 Å². The van der Waals surface area contributed by atoms with Crippen molar-refractivity contribution in [2.24, 2.45) is 5.92 Å². The van der Waals surface area contributed by atoms with Crippen molar-refractivity contribution in [1.82, 2.24) is 14.7 Å². The van der Waals surface area contributed by atoms with Crippen LogP contribution in [0.15, 0.2) is 30.3 Å². The Morgan fingerprint density at radius 3 is 2.44 bits per heavy atom. The molecule has 1 aromatic rings. The van der Waals surface area contributed by atoms with Crippen molar-refractivity contribution in [2.75, 3.05) is 45.8 Å². The fourth-order valence-electron chi connectivity index (χ4n) is 3.44. The molecular weight excluding hydrogens is 322 g/mol. The lowest BCUT2D eigenvalue weighted by Gasteiger charge is -2.34. The van der Waals surface area contributed by atoms with Gasteiger partial charge in [0.2, 0.25) is 0 Å². The molecule has 0 spiro atoms. The van der Waals surface area contributed by atoms with E-state index >= 15 is 0 Å². The first-order chi connectivity index (χ1) is 12.1. The van der Waals surface area contributed by atoms with Crippen LogP contribution >= 0.6 is 0 Å². The fourth-order valence-corrected chi connectivity index (χ4v) is 3.44. The van der Waals surface area contributed by atoms with Crippen LogP contribution in [0.2, 0.25) is 0 Å². The van der Waals surface area contributed by atoms with E-state index in [9.17, 15) is 9.59 Å². The molecule has 2 heterocycles. The highest BCUT2D eigenvalue weighted by atomic mass is 16.6. The van der Waals surface area contributed by atoms with Crippen LogP contribution in [0.4, 0.5) is 9.59 Å². The largest absolute Gasteiger partial charge is 0.465 e. The van der Waals surface area contributed by atoms with E-state index in [1.54, 1.807) is 4.90 Å². The highest BCUT2D eigenvalue weighted by Crippen LogP contribution is 2.19. The molecule has 7 heteroatoms. The zero-order valence-electron chi connectivity index (χ0n) is 14.3. The summed E-state index contributed by atoms with van der Waals surface area (Å²) in [6.07, 6.45) is -0.116. The predicted molar refractivity (Wildman–Crippen MR) is 92.3 cm³/mol. The van der Waals surface area contributed by atoms with Crippen LogP contribution in [0.25, 0.3) is 0 Å². The summed E-state index contributed by atoms with van der Waals surface area (Å²) in [5.41, 5.74) is 0.989. The first-order valence-electron chi connectivity index (χ1n) is 8.77. The Bertz CT molecular complexity index is 587. The molecule has 0 bridgehead atoms. The standard InChI is InChI=1S/C18H25N3O4/c22-17(23)20-10-8-19(9-11-20)12-16-6-7-21(13-16)18(24)25-14-15-4-2-1-3-5-15/h1-5,16H,6-14H2,(H,22,23)/t16-/m1/s1. The normalized spacial score (nSPS) is 21.4. The van der Waals surface area contributed by atoms with E-state index < -0.39 is 6.09 Å². The monoisotopic (exact) mass is 347 g/mol. The third kappa shape index (κ3) is 4.85. The highest BCUT2D eigenvalue weighted by molar-refractivity contribution is 5.68. The van der Waals surface area contributed by atoms with Gasteiger partial charge in [0.05, 0.1) is 0 Å². The Morgan fingerprint density at radius 2 is 1.76 bits per heavy atom. The van der Waals surface area contributed by atoms with E-state index in [4.69, 9.17) is 9.84 Å². The molecule has 0 aliphatic carbocycles. The third-order valence-electron chi connectivity index (χ3n) is 4.91. The first kappa shape index (κ1) is 17.5. The van der Waals surface area contributed by atoms with Gasteiger partial charge in [-0.15, -0.1) is 0 Å². The molecule has 0 aromatic heterocycles. The molecule has 0 radical (unpaired) electrons. The number of hydrogen-bond acceptors (Lipinski definition) is 4. The number of carboxylic acid groups (broad SMARTS) is 1. The van der Waals surface area contributed by atoms with Crippen molar-refractivity contribution in [2.45, 2.75) is 13.0 Å².